The predicted octanol–water partition coefficient (Wildman–Crippen LogP) is 5.74. The van der Waals surface area contributed by atoms with E-state index in [1.807, 2.05) is 19.9 Å². The number of allylic oxidation sites excluding steroid dienone is 4. The van der Waals surface area contributed by atoms with Crippen LogP contribution in [0, 0.1) is 34.5 Å². The van der Waals surface area contributed by atoms with Crippen molar-refractivity contribution in [1.29, 1.82) is 0 Å². The van der Waals surface area contributed by atoms with Gasteiger partial charge in [0.2, 0.25) is 5.91 Å². The van der Waals surface area contributed by atoms with Crippen LogP contribution in [0.4, 0.5) is 26.3 Å². The fraction of sp³-hybridized carbons (Fsp3) is 0.808. The molecule has 4 aliphatic carbocycles. The first-order valence-electron chi connectivity index (χ1n) is 13.1. The van der Waals surface area contributed by atoms with Gasteiger partial charge in [-0.05, 0) is 92.6 Å². The van der Waals surface area contributed by atoms with Crippen LogP contribution in [0.25, 0.3) is 0 Å². The third-order valence-corrected chi connectivity index (χ3v) is 11.0. The lowest BCUT2D eigenvalue weighted by Gasteiger charge is -2.57. The van der Waals surface area contributed by atoms with Gasteiger partial charge >= 0.3 is 21.8 Å². The zero-order valence-corrected chi connectivity index (χ0v) is 23.1. The number of hydrogen-bond donors (Lipinski definition) is 2. The number of hydrogen-bond acceptors (Lipinski definition) is 5. The zero-order valence-electron chi connectivity index (χ0n) is 22.2. The Kier molecular flexibility index (Phi) is 7.27. The summed E-state index contributed by atoms with van der Waals surface area (Å²) < 4.78 is 105. The van der Waals surface area contributed by atoms with Crippen LogP contribution in [0.5, 0.6) is 0 Å². The SMILES string of the molecule is CC(C)(NC(=O)[C@H]1CC[C@H]2[C@@H]3CC=C4C=C(OS(=O)(=O)C(F)(F)F)CC[C@]4(C)[C@H]3CC[C@]12C)C(O)C(F)(F)F. The quantitative estimate of drug-likeness (QED) is 0.243. The average molecular weight is 588 g/mol. The number of carbonyl (C=O) groups is 1. The molecule has 1 unspecified atom stereocenters. The fourth-order valence-electron chi connectivity index (χ4n) is 7.87. The van der Waals surface area contributed by atoms with E-state index in [9.17, 15) is 44.7 Å². The maximum atomic E-state index is 13.3. The molecule has 2 N–H and O–H groups in total. The van der Waals surface area contributed by atoms with Gasteiger partial charge in [-0.25, -0.2) is 0 Å². The number of amides is 1. The molecule has 0 heterocycles. The molecular formula is C26H35F6NO5S. The standard InChI is InChI=1S/C26H35F6NO5S/c1-22(2,21(35)25(27,28)29)33-20(34)19-8-7-17-16-6-5-14-13-15(38-39(36,37)26(30,31)32)9-11-23(14,3)18(16)10-12-24(17,19)4/h5,13,16-19,21,35H,6-12H2,1-4H3,(H,33,34)/t16-,17-,18-,19+,21?,23-,24-/m0/s1. The van der Waals surface area contributed by atoms with E-state index in [0.717, 1.165) is 19.4 Å². The van der Waals surface area contributed by atoms with Gasteiger partial charge in [-0.3, -0.25) is 4.79 Å². The molecule has 4 aliphatic rings. The molecule has 0 aromatic heterocycles. The van der Waals surface area contributed by atoms with E-state index in [0.29, 0.717) is 38.5 Å². The Morgan fingerprint density at radius 2 is 1.72 bits per heavy atom. The molecule has 39 heavy (non-hydrogen) atoms. The molecule has 1 amide bonds. The van der Waals surface area contributed by atoms with E-state index in [2.05, 4.69) is 9.50 Å². The molecule has 2 saturated carbocycles. The minimum absolute atomic E-state index is 0.0376. The molecule has 2 fully saturated rings. The fourth-order valence-corrected chi connectivity index (χ4v) is 8.37. The summed E-state index contributed by atoms with van der Waals surface area (Å²) in [4.78, 5) is 13.3. The Morgan fingerprint density at radius 3 is 2.31 bits per heavy atom. The minimum Gasteiger partial charge on any atom is -0.382 e. The summed E-state index contributed by atoms with van der Waals surface area (Å²) in [6, 6.07) is 0. The number of fused-ring (bicyclic) bond motifs is 5. The Bertz CT molecular complexity index is 1180. The Morgan fingerprint density at radius 1 is 1.08 bits per heavy atom. The summed E-state index contributed by atoms with van der Waals surface area (Å²) >= 11 is 0. The van der Waals surface area contributed by atoms with E-state index in [1.54, 1.807) is 0 Å². The Balaban J connectivity index is 1.53. The van der Waals surface area contributed by atoms with Crippen molar-refractivity contribution in [2.45, 2.75) is 96.0 Å². The highest BCUT2D eigenvalue weighted by Gasteiger charge is 2.60. The molecule has 0 bridgehead atoms. The van der Waals surface area contributed by atoms with Crippen molar-refractivity contribution >= 4 is 16.0 Å². The molecule has 13 heteroatoms. The first-order chi connectivity index (χ1) is 17.6. The van der Waals surface area contributed by atoms with Gasteiger partial charge in [-0.2, -0.15) is 34.8 Å². The topological polar surface area (TPSA) is 92.7 Å². The largest absolute Gasteiger partial charge is 0.534 e. The van der Waals surface area contributed by atoms with Crippen LogP contribution in [0.3, 0.4) is 0 Å². The van der Waals surface area contributed by atoms with Crippen molar-refractivity contribution in [2.24, 2.45) is 34.5 Å². The summed E-state index contributed by atoms with van der Waals surface area (Å²) in [5.41, 5.74) is -7.52. The molecule has 0 aromatic rings. The van der Waals surface area contributed by atoms with Gasteiger partial charge < -0.3 is 14.6 Å². The van der Waals surface area contributed by atoms with Crippen molar-refractivity contribution in [2.75, 3.05) is 0 Å². The van der Waals surface area contributed by atoms with E-state index in [4.69, 9.17) is 0 Å². The first-order valence-corrected chi connectivity index (χ1v) is 14.5. The molecule has 4 rings (SSSR count). The van der Waals surface area contributed by atoms with Gasteiger partial charge in [0.1, 0.15) is 5.76 Å². The van der Waals surface area contributed by atoms with Crippen LogP contribution in [-0.2, 0) is 19.1 Å². The summed E-state index contributed by atoms with van der Waals surface area (Å²) in [5, 5.41) is 12.2. The second kappa shape index (κ2) is 9.39. The lowest BCUT2D eigenvalue weighted by molar-refractivity contribution is -0.223. The van der Waals surface area contributed by atoms with Gasteiger partial charge in [-0.15, -0.1) is 0 Å². The Hall–Kier alpha value is -1.76. The summed E-state index contributed by atoms with van der Waals surface area (Å²) in [6.07, 6.45) is -0.622. The number of aliphatic hydroxyl groups is 1. The van der Waals surface area contributed by atoms with Crippen molar-refractivity contribution in [3.8, 4) is 0 Å². The average Bonchev–Trinajstić information content (AvgIpc) is 3.14. The second-order valence-corrected chi connectivity index (χ2v) is 14.2. The van der Waals surface area contributed by atoms with Crippen molar-refractivity contribution in [3.63, 3.8) is 0 Å². The van der Waals surface area contributed by atoms with Crippen LogP contribution >= 0.6 is 0 Å². The molecular weight excluding hydrogens is 552 g/mol. The monoisotopic (exact) mass is 587 g/mol. The Labute approximate surface area is 224 Å². The second-order valence-electron chi connectivity index (χ2n) is 12.6. The summed E-state index contributed by atoms with van der Waals surface area (Å²) in [7, 11) is -5.75. The first kappa shape index (κ1) is 30.2. The van der Waals surface area contributed by atoms with E-state index < -0.39 is 56.1 Å². The molecule has 0 aliphatic heterocycles. The molecule has 6 nitrogen and oxygen atoms in total. The number of carbonyl (C=O) groups excluding carboxylic acids is 1. The summed E-state index contributed by atoms with van der Waals surface area (Å²) in [5.74, 6) is -0.823. The lowest BCUT2D eigenvalue weighted by Crippen LogP contribution is -2.60. The molecule has 0 radical (unpaired) electrons. The number of halogens is 6. The molecule has 222 valence electrons. The molecule has 0 saturated heterocycles. The highest BCUT2D eigenvalue weighted by Crippen LogP contribution is 2.66. The summed E-state index contributed by atoms with van der Waals surface area (Å²) in [6.45, 7) is 6.34. The minimum atomic E-state index is -5.75. The highest BCUT2D eigenvalue weighted by molar-refractivity contribution is 7.87. The van der Waals surface area contributed by atoms with Crippen LogP contribution in [0.2, 0.25) is 0 Å². The number of rotatable bonds is 5. The number of aliphatic hydroxyl groups excluding tert-OH is 1. The van der Waals surface area contributed by atoms with Gasteiger partial charge in [-0.1, -0.05) is 19.9 Å². The smallest absolute Gasteiger partial charge is 0.382 e. The molecule has 7 atom stereocenters. The normalized spacial score (nSPS) is 36.1. The van der Waals surface area contributed by atoms with Crippen LogP contribution < -0.4 is 5.32 Å². The highest BCUT2D eigenvalue weighted by atomic mass is 32.2. The molecule has 0 aromatic carbocycles. The molecule has 0 spiro atoms. The lowest BCUT2D eigenvalue weighted by atomic mass is 9.48. The van der Waals surface area contributed by atoms with E-state index in [1.165, 1.54) is 6.08 Å². The third-order valence-electron chi connectivity index (χ3n) is 9.99. The van der Waals surface area contributed by atoms with Crippen molar-refractivity contribution in [1.82, 2.24) is 5.32 Å². The van der Waals surface area contributed by atoms with Gasteiger partial charge in [0, 0.05) is 12.3 Å². The van der Waals surface area contributed by atoms with Crippen molar-refractivity contribution in [3.05, 3.63) is 23.5 Å². The third kappa shape index (κ3) is 5.10. The van der Waals surface area contributed by atoms with Gasteiger partial charge in [0.25, 0.3) is 0 Å². The van der Waals surface area contributed by atoms with Crippen LogP contribution in [0.15, 0.2) is 23.5 Å². The van der Waals surface area contributed by atoms with E-state index in [-0.39, 0.29) is 29.9 Å². The van der Waals surface area contributed by atoms with Crippen molar-refractivity contribution < 1.29 is 48.8 Å². The van der Waals surface area contributed by atoms with Gasteiger partial charge in [0.05, 0.1) is 5.54 Å². The van der Waals surface area contributed by atoms with Crippen LogP contribution in [-0.4, -0.2) is 42.8 Å². The van der Waals surface area contributed by atoms with E-state index >= 15 is 0 Å². The zero-order chi connectivity index (χ0) is 29.4. The maximum absolute atomic E-state index is 13.3. The van der Waals surface area contributed by atoms with Crippen LogP contribution in [0.1, 0.15) is 72.6 Å². The predicted molar refractivity (Wildman–Crippen MR) is 129 cm³/mol. The maximum Gasteiger partial charge on any atom is 0.534 e. The number of alkyl halides is 6. The number of nitrogens with one attached hydrogen (secondary N) is 1. The van der Waals surface area contributed by atoms with Gasteiger partial charge in [0.15, 0.2) is 6.10 Å².